The fourth-order valence-corrected chi connectivity index (χ4v) is 3.29. The second kappa shape index (κ2) is 4.13. The molecule has 0 radical (unpaired) electrons. The average Bonchev–Trinajstić information content (AvgIpc) is 2.32. The van der Waals surface area contributed by atoms with Crippen LogP contribution >= 0.6 is 15.9 Å². The highest BCUT2D eigenvalue weighted by Gasteiger charge is 2.41. The number of halogens is 1. The lowest BCUT2D eigenvalue weighted by atomic mass is 9.88. The number of nitrogens with zero attached hydrogens (tertiary/aromatic N) is 2. The lowest BCUT2D eigenvalue weighted by Crippen LogP contribution is -2.66. The van der Waals surface area contributed by atoms with Gasteiger partial charge in [0.05, 0.1) is 0 Å². The van der Waals surface area contributed by atoms with Crippen LogP contribution in [0.4, 0.5) is 0 Å². The maximum atomic E-state index is 3.62. The van der Waals surface area contributed by atoms with Gasteiger partial charge in [0.15, 0.2) is 0 Å². The van der Waals surface area contributed by atoms with Gasteiger partial charge in [-0.05, 0) is 25.1 Å². The molecule has 3 aliphatic heterocycles. The third kappa shape index (κ3) is 1.81. The van der Waals surface area contributed by atoms with E-state index in [1.807, 2.05) is 0 Å². The Bertz CT molecular complexity index is 381. The Labute approximate surface area is 105 Å². The van der Waals surface area contributed by atoms with Gasteiger partial charge < -0.3 is 0 Å². The highest BCUT2D eigenvalue weighted by atomic mass is 79.9. The van der Waals surface area contributed by atoms with Crippen molar-refractivity contribution in [2.45, 2.75) is 25.0 Å². The van der Waals surface area contributed by atoms with Crippen LogP contribution in [0, 0.1) is 0 Å². The van der Waals surface area contributed by atoms with Crippen LogP contribution in [0.5, 0.6) is 0 Å². The molecule has 1 aromatic carbocycles. The number of benzene rings is 1. The van der Waals surface area contributed by atoms with Gasteiger partial charge in [0.1, 0.15) is 0 Å². The number of fused-ring (bicyclic) bond motifs is 2. The standard InChI is InChI=1S/C13H17BrN2/c1-15-11-6-12(15)9-16(8-11)7-10-4-2-3-5-13(10)14/h2-5,11-12H,6-9H2,1H3. The summed E-state index contributed by atoms with van der Waals surface area (Å²) in [6, 6.07) is 10.2. The first-order chi connectivity index (χ1) is 7.74. The van der Waals surface area contributed by atoms with Crippen LogP contribution in [0.3, 0.4) is 0 Å². The molecule has 2 nitrogen and oxygen atoms in total. The van der Waals surface area contributed by atoms with E-state index in [1.54, 1.807) is 0 Å². The summed E-state index contributed by atoms with van der Waals surface area (Å²) in [6.45, 7) is 3.55. The van der Waals surface area contributed by atoms with Crippen LogP contribution in [0.25, 0.3) is 0 Å². The molecule has 3 heteroatoms. The van der Waals surface area contributed by atoms with E-state index in [0.29, 0.717) is 0 Å². The van der Waals surface area contributed by atoms with Gasteiger partial charge in [0.25, 0.3) is 0 Å². The van der Waals surface area contributed by atoms with E-state index in [0.717, 1.165) is 18.6 Å². The largest absolute Gasteiger partial charge is 0.298 e. The summed E-state index contributed by atoms with van der Waals surface area (Å²) in [4.78, 5) is 5.11. The van der Waals surface area contributed by atoms with Crippen LogP contribution in [0.1, 0.15) is 12.0 Å². The highest BCUT2D eigenvalue weighted by molar-refractivity contribution is 9.10. The molecule has 3 heterocycles. The molecule has 1 aromatic rings. The Balaban J connectivity index is 1.66. The quantitative estimate of drug-likeness (QED) is 0.821. The summed E-state index contributed by atoms with van der Waals surface area (Å²) in [5.74, 6) is 0. The van der Waals surface area contributed by atoms with Crippen LogP contribution in [0.2, 0.25) is 0 Å². The number of hydrogen-bond donors (Lipinski definition) is 0. The minimum atomic E-state index is 0.807. The minimum absolute atomic E-state index is 0.807. The Kier molecular flexibility index (Phi) is 2.78. The third-order valence-electron chi connectivity index (χ3n) is 3.99. The highest BCUT2D eigenvalue weighted by Crippen LogP contribution is 2.31. The van der Waals surface area contributed by atoms with Crippen molar-refractivity contribution < 1.29 is 0 Å². The second-order valence-corrected chi connectivity index (χ2v) is 5.85. The minimum Gasteiger partial charge on any atom is -0.298 e. The number of rotatable bonds is 2. The van der Waals surface area contributed by atoms with Gasteiger partial charge in [-0.25, -0.2) is 0 Å². The van der Waals surface area contributed by atoms with Crippen LogP contribution < -0.4 is 0 Å². The molecule has 16 heavy (non-hydrogen) atoms. The van der Waals surface area contributed by atoms with E-state index in [1.165, 1.54) is 29.5 Å². The molecule has 2 unspecified atom stereocenters. The van der Waals surface area contributed by atoms with Crippen molar-refractivity contribution in [3.63, 3.8) is 0 Å². The summed E-state index contributed by atoms with van der Waals surface area (Å²) in [7, 11) is 2.26. The topological polar surface area (TPSA) is 6.48 Å². The molecule has 86 valence electrons. The maximum absolute atomic E-state index is 3.62. The molecule has 0 spiro atoms. The maximum Gasteiger partial charge on any atom is 0.0246 e. The molecule has 0 amide bonds. The fraction of sp³-hybridized carbons (Fsp3) is 0.538. The van der Waals surface area contributed by atoms with E-state index >= 15 is 0 Å². The van der Waals surface area contributed by atoms with Gasteiger partial charge >= 0.3 is 0 Å². The van der Waals surface area contributed by atoms with Gasteiger partial charge in [-0.15, -0.1) is 0 Å². The lowest BCUT2D eigenvalue weighted by Gasteiger charge is -2.55. The van der Waals surface area contributed by atoms with Crippen molar-refractivity contribution in [3.8, 4) is 0 Å². The molecule has 3 saturated heterocycles. The Hall–Kier alpha value is -0.380. The van der Waals surface area contributed by atoms with Crippen molar-refractivity contribution in [2.24, 2.45) is 0 Å². The molecule has 2 atom stereocenters. The molecular formula is C13H17BrN2. The Morgan fingerprint density at radius 3 is 2.56 bits per heavy atom. The molecule has 0 N–H and O–H groups in total. The van der Waals surface area contributed by atoms with E-state index in [2.05, 4.69) is 57.0 Å². The normalized spacial score (nSPS) is 30.1. The predicted octanol–water partition coefficient (Wildman–Crippen LogP) is 2.34. The smallest absolute Gasteiger partial charge is 0.0246 e. The molecule has 0 aliphatic carbocycles. The first-order valence-corrected chi connectivity index (χ1v) is 6.71. The van der Waals surface area contributed by atoms with Gasteiger partial charge in [-0.3, -0.25) is 9.80 Å². The molecule has 3 fully saturated rings. The molecule has 3 aliphatic rings. The molecule has 0 saturated carbocycles. The van der Waals surface area contributed by atoms with Crippen molar-refractivity contribution in [1.29, 1.82) is 0 Å². The average molecular weight is 281 g/mol. The van der Waals surface area contributed by atoms with E-state index in [4.69, 9.17) is 0 Å². The molecule has 4 rings (SSSR count). The molecular weight excluding hydrogens is 264 g/mol. The van der Waals surface area contributed by atoms with Crippen LogP contribution in [0.15, 0.2) is 28.7 Å². The first-order valence-electron chi connectivity index (χ1n) is 5.92. The zero-order valence-corrected chi connectivity index (χ0v) is 11.2. The zero-order valence-electron chi connectivity index (χ0n) is 9.56. The van der Waals surface area contributed by atoms with E-state index in [9.17, 15) is 0 Å². The second-order valence-electron chi connectivity index (χ2n) is 4.99. The third-order valence-corrected chi connectivity index (χ3v) is 4.76. The lowest BCUT2D eigenvalue weighted by molar-refractivity contribution is -0.0533. The van der Waals surface area contributed by atoms with E-state index < -0.39 is 0 Å². The van der Waals surface area contributed by atoms with Crippen LogP contribution in [-0.4, -0.2) is 42.0 Å². The summed E-state index contributed by atoms with van der Waals surface area (Å²) >= 11 is 3.62. The summed E-state index contributed by atoms with van der Waals surface area (Å²) in [5.41, 5.74) is 1.41. The van der Waals surface area contributed by atoms with Crippen molar-refractivity contribution in [1.82, 2.24) is 9.80 Å². The summed E-state index contributed by atoms with van der Waals surface area (Å²) in [5, 5.41) is 0. The van der Waals surface area contributed by atoms with Gasteiger partial charge in [0, 0.05) is 36.2 Å². The van der Waals surface area contributed by atoms with Gasteiger partial charge in [-0.1, -0.05) is 34.1 Å². The monoisotopic (exact) mass is 280 g/mol. The summed E-state index contributed by atoms with van der Waals surface area (Å²) < 4.78 is 1.24. The summed E-state index contributed by atoms with van der Waals surface area (Å²) in [6.07, 6.45) is 1.41. The fourth-order valence-electron chi connectivity index (χ4n) is 2.88. The predicted molar refractivity (Wildman–Crippen MR) is 69.4 cm³/mol. The number of piperazine rings is 1. The Morgan fingerprint density at radius 2 is 1.94 bits per heavy atom. The Morgan fingerprint density at radius 1 is 1.25 bits per heavy atom. The molecule has 2 bridgehead atoms. The number of likely N-dealkylation sites (N-methyl/N-ethyl adjacent to an activating group) is 1. The SMILES string of the molecule is CN1C2CC1CN(Cc1ccccc1Br)C2. The van der Waals surface area contributed by atoms with Crippen LogP contribution in [-0.2, 0) is 6.54 Å². The van der Waals surface area contributed by atoms with Gasteiger partial charge in [-0.2, -0.15) is 0 Å². The van der Waals surface area contributed by atoms with Crippen molar-refractivity contribution in [2.75, 3.05) is 20.1 Å². The zero-order chi connectivity index (χ0) is 11.1. The van der Waals surface area contributed by atoms with Crippen molar-refractivity contribution in [3.05, 3.63) is 34.3 Å². The number of hydrogen-bond acceptors (Lipinski definition) is 2. The van der Waals surface area contributed by atoms with E-state index in [-0.39, 0.29) is 0 Å². The molecule has 0 aromatic heterocycles. The number of piperidine rings is 1. The van der Waals surface area contributed by atoms with Crippen molar-refractivity contribution >= 4 is 15.9 Å². The first kappa shape index (κ1) is 10.8. The van der Waals surface area contributed by atoms with Gasteiger partial charge in [0.2, 0.25) is 0 Å².